The fourth-order valence-electron chi connectivity index (χ4n) is 3.34. The smallest absolute Gasteiger partial charge is 0.267 e. The van der Waals surface area contributed by atoms with Crippen LogP contribution in [0.15, 0.2) is 0 Å². The minimum Gasteiger partial charge on any atom is -0.748 e. The van der Waals surface area contributed by atoms with E-state index in [1.807, 2.05) is 0 Å². The SMILES string of the molecule is O=S(=O)([O-])C1CCC2CCC(S(=O)(=O)O)CC2C1. The summed E-state index contributed by atoms with van der Waals surface area (Å²) in [6.45, 7) is 0. The van der Waals surface area contributed by atoms with Gasteiger partial charge in [0, 0.05) is 5.25 Å². The Balaban J connectivity index is 2.09. The minimum atomic E-state index is -4.29. The van der Waals surface area contributed by atoms with E-state index in [0.717, 1.165) is 0 Å². The van der Waals surface area contributed by atoms with Crippen LogP contribution < -0.4 is 0 Å². The zero-order valence-corrected chi connectivity index (χ0v) is 11.5. The van der Waals surface area contributed by atoms with Crippen LogP contribution in [0.4, 0.5) is 0 Å². The number of rotatable bonds is 2. The summed E-state index contributed by atoms with van der Waals surface area (Å²) in [5, 5.41) is -1.69. The lowest BCUT2D eigenvalue weighted by molar-refractivity contribution is 0.169. The highest BCUT2D eigenvalue weighted by molar-refractivity contribution is 7.86. The molecule has 1 N–H and O–H groups in total. The maximum Gasteiger partial charge on any atom is 0.267 e. The molecule has 6 nitrogen and oxygen atoms in total. The van der Waals surface area contributed by atoms with Crippen molar-refractivity contribution < 1.29 is 25.9 Å². The fourth-order valence-corrected chi connectivity index (χ4v) is 5.17. The molecule has 0 heterocycles. The van der Waals surface area contributed by atoms with E-state index in [4.69, 9.17) is 4.55 Å². The highest BCUT2D eigenvalue weighted by Gasteiger charge is 2.40. The molecule has 4 unspecified atom stereocenters. The maximum atomic E-state index is 11.1. The van der Waals surface area contributed by atoms with Crippen LogP contribution in [0.1, 0.15) is 38.5 Å². The molecule has 2 aliphatic rings. The van der Waals surface area contributed by atoms with Crippen molar-refractivity contribution >= 4 is 20.2 Å². The van der Waals surface area contributed by atoms with Crippen LogP contribution in [-0.2, 0) is 20.2 Å². The Morgan fingerprint density at radius 3 is 1.83 bits per heavy atom. The molecular weight excluding hydrogens is 280 g/mol. The third kappa shape index (κ3) is 3.04. The molecule has 0 spiro atoms. The van der Waals surface area contributed by atoms with Gasteiger partial charge in [0.15, 0.2) is 0 Å². The Morgan fingerprint density at radius 1 is 0.833 bits per heavy atom. The number of hydrogen-bond acceptors (Lipinski definition) is 5. The normalized spacial score (nSPS) is 38.1. The van der Waals surface area contributed by atoms with E-state index in [0.29, 0.717) is 31.6 Å². The molecule has 8 heteroatoms. The van der Waals surface area contributed by atoms with Crippen molar-refractivity contribution in [3.05, 3.63) is 0 Å². The molecule has 0 amide bonds. The van der Waals surface area contributed by atoms with E-state index in [1.165, 1.54) is 0 Å². The van der Waals surface area contributed by atoms with Crippen LogP contribution in [0.5, 0.6) is 0 Å². The summed E-state index contributed by atoms with van der Waals surface area (Å²) in [7, 11) is -8.35. The van der Waals surface area contributed by atoms with Crippen molar-refractivity contribution in [3.63, 3.8) is 0 Å². The van der Waals surface area contributed by atoms with Crippen LogP contribution in [0.2, 0.25) is 0 Å². The predicted octanol–water partition coefficient (Wildman–Crippen LogP) is 0.757. The van der Waals surface area contributed by atoms with Gasteiger partial charge in [0.1, 0.15) is 0 Å². The van der Waals surface area contributed by atoms with Gasteiger partial charge in [-0.3, -0.25) is 4.55 Å². The molecule has 0 aromatic rings. The highest BCUT2D eigenvalue weighted by Crippen LogP contribution is 2.43. The molecule has 0 aromatic heterocycles. The molecule has 0 saturated heterocycles. The van der Waals surface area contributed by atoms with Crippen molar-refractivity contribution in [2.75, 3.05) is 0 Å². The molecule has 4 atom stereocenters. The third-order valence-corrected chi connectivity index (χ3v) is 6.86. The molecule has 2 rings (SSSR count). The highest BCUT2D eigenvalue weighted by atomic mass is 32.2. The first-order chi connectivity index (χ1) is 8.18. The van der Waals surface area contributed by atoms with Crippen LogP contribution in [0.3, 0.4) is 0 Å². The second kappa shape index (κ2) is 4.73. The van der Waals surface area contributed by atoms with Crippen LogP contribution >= 0.6 is 0 Å². The van der Waals surface area contributed by atoms with E-state index in [-0.39, 0.29) is 18.8 Å². The van der Waals surface area contributed by atoms with E-state index in [1.54, 1.807) is 0 Å². The summed E-state index contributed by atoms with van der Waals surface area (Å²) in [4.78, 5) is 0. The Labute approximate surface area is 107 Å². The Hall–Kier alpha value is -0.180. The average molecular weight is 297 g/mol. The molecule has 106 valence electrons. The lowest BCUT2D eigenvalue weighted by atomic mass is 9.70. The largest absolute Gasteiger partial charge is 0.748 e. The predicted molar refractivity (Wildman–Crippen MR) is 63.5 cm³/mol. The molecular formula is C10H17O6S2-. The Kier molecular flexibility index (Phi) is 3.74. The van der Waals surface area contributed by atoms with Crippen molar-refractivity contribution in [3.8, 4) is 0 Å². The standard InChI is InChI=1S/C10H18O6S2/c11-17(12,13)9-3-1-7-2-4-10(18(14,15)16)6-8(7)5-9/h7-10H,1-6H2,(H,11,12,13)(H,14,15,16)/p-1. The molecule has 2 fully saturated rings. The molecule has 2 aliphatic carbocycles. The molecule has 0 radical (unpaired) electrons. The van der Waals surface area contributed by atoms with Crippen molar-refractivity contribution in [1.82, 2.24) is 0 Å². The quantitative estimate of drug-likeness (QED) is 0.753. The number of fused-ring (bicyclic) bond motifs is 1. The van der Waals surface area contributed by atoms with E-state index in [2.05, 4.69) is 0 Å². The van der Waals surface area contributed by atoms with Crippen LogP contribution in [0, 0.1) is 11.8 Å². The van der Waals surface area contributed by atoms with E-state index in [9.17, 15) is 21.4 Å². The number of hydrogen-bond donors (Lipinski definition) is 1. The maximum absolute atomic E-state index is 11.1. The van der Waals surface area contributed by atoms with Crippen LogP contribution in [-0.4, -0.2) is 36.4 Å². The Morgan fingerprint density at radius 2 is 1.33 bits per heavy atom. The molecule has 0 bridgehead atoms. The van der Waals surface area contributed by atoms with Crippen molar-refractivity contribution in [2.24, 2.45) is 11.8 Å². The lowest BCUT2D eigenvalue weighted by Gasteiger charge is -2.41. The van der Waals surface area contributed by atoms with E-state index >= 15 is 0 Å². The summed E-state index contributed by atoms with van der Waals surface area (Å²) in [6.07, 6.45) is 2.66. The van der Waals surface area contributed by atoms with Crippen molar-refractivity contribution in [2.45, 2.75) is 49.0 Å². The zero-order chi connectivity index (χ0) is 13.6. The first-order valence-electron chi connectivity index (χ1n) is 6.09. The second-order valence-electron chi connectivity index (χ2n) is 5.40. The topological polar surface area (TPSA) is 112 Å². The van der Waals surface area contributed by atoms with E-state index < -0.39 is 30.7 Å². The molecule has 18 heavy (non-hydrogen) atoms. The average Bonchev–Trinajstić information content (AvgIpc) is 2.25. The molecule has 2 saturated carbocycles. The molecule has 0 aliphatic heterocycles. The monoisotopic (exact) mass is 297 g/mol. The third-order valence-electron chi connectivity index (χ3n) is 4.35. The lowest BCUT2D eigenvalue weighted by Crippen LogP contribution is -2.39. The van der Waals surface area contributed by atoms with Gasteiger partial charge in [-0.05, 0) is 50.4 Å². The summed E-state index contributed by atoms with van der Waals surface area (Å²) < 4.78 is 64.3. The van der Waals surface area contributed by atoms with Gasteiger partial charge in [0.25, 0.3) is 10.1 Å². The Bertz CT molecular complexity index is 462. The van der Waals surface area contributed by atoms with Crippen LogP contribution in [0.25, 0.3) is 0 Å². The first kappa shape index (κ1) is 14.2. The van der Waals surface area contributed by atoms with Gasteiger partial charge in [-0.15, -0.1) is 0 Å². The molecule has 0 aromatic carbocycles. The zero-order valence-electron chi connectivity index (χ0n) is 9.86. The fraction of sp³-hybridized carbons (Fsp3) is 1.00. The van der Waals surface area contributed by atoms with Gasteiger partial charge in [-0.25, -0.2) is 8.42 Å². The van der Waals surface area contributed by atoms with Gasteiger partial charge in [0.2, 0.25) is 0 Å². The summed E-state index contributed by atoms with van der Waals surface area (Å²) in [5.41, 5.74) is 0. The summed E-state index contributed by atoms with van der Waals surface area (Å²) in [5.74, 6) is 0.217. The summed E-state index contributed by atoms with van der Waals surface area (Å²) >= 11 is 0. The van der Waals surface area contributed by atoms with Gasteiger partial charge in [-0.1, -0.05) is 0 Å². The van der Waals surface area contributed by atoms with Gasteiger partial charge in [-0.2, -0.15) is 8.42 Å². The van der Waals surface area contributed by atoms with Crippen molar-refractivity contribution in [1.29, 1.82) is 0 Å². The summed E-state index contributed by atoms with van der Waals surface area (Å²) in [6, 6.07) is 0. The van der Waals surface area contributed by atoms with Gasteiger partial charge >= 0.3 is 0 Å². The second-order valence-corrected chi connectivity index (χ2v) is 8.75. The first-order valence-corrected chi connectivity index (χ1v) is 9.06. The van der Waals surface area contributed by atoms with Gasteiger partial charge < -0.3 is 4.55 Å². The minimum absolute atomic E-state index is 0.0758. The van der Waals surface area contributed by atoms with Gasteiger partial charge in [0.05, 0.1) is 15.4 Å².